The minimum atomic E-state index is 0.179. The summed E-state index contributed by atoms with van der Waals surface area (Å²) < 4.78 is 21.3. The number of nitrogens with zero attached hydrogens (tertiary/aromatic N) is 3. The highest BCUT2D eigenvalue weighted by Crippen LogP contribution is 2.29. The molecule has 0 bridgehead atoms. The molecule has 0 fully saturated rings. The van der Waals surface area contributed by atoms with Gasteiger partial charge < -0.3 is 29.7 Å². The van der Waals surface area contributed by atoms with Crippen molar-refractivity contribution in [1.82, 2.24) is 0 Å². The molecule has 0 saturated carbocycles. The molecule has 1 heterocycles. The minimum Gasteiger partial charge on any atom is -0.493 e. The second-order valence-electron chi connectivity index (χ2n) is 4.90. The van der Waals surface area contributed by atoms with Gasteiger partial charge in [0.1, 0.15) is 12.3 Å². The molecule has 2 aromatic rings. The summed E-state index contributed by atoms with van der Waals surface area (Å²) >= 11 is 0. The first-order valence-corrected chi connectivity index (χ1v) is 8.52. The first-order chi connectivity index (χ1) is 13.7. The number of amidine groups is 1. The van der Waals surface area contributed by atoms with Crippen LogP contribution in [-0.2, 0) is 11.3 Å². The van der Waals surface area contributed by atoms with Crippen molar-refractivity contribution in [2.24, 2.45) is 20.7 Å². The zero-order valence-corrected chi connectivity index (χ0v) is 16.6. The summed E-state index contributed by atoms with van der Waals surface area (Å²) in [6.07, 6.45) is 1.58. The molecule has 0 atom stereocenters. The maximum absolute atomic E-state index is 5.52. The molecule has 9 nitrogen and oxygen atoms in total. The highest BCUT2D eigenvalue weighted by atomic mass is 16.5. The average molecular weight is 389 g/mol. The number of nitrogens with one attached hydrogen (secondary N) is 1. The highest BCUT2D eigenvalue weighted by Gasteiger charge is 2.08. The monoisotopic (exact) mass is 389 g/mol. The molecule has 0 saturated heterocycles. The Balaban J connectivity index is 0.00000190. The van der Waals surface area contributed by atoms with Gasteiger partial charge >= 0.3 is 0 Å². The molecule has 0 aliphatic carbocycles. The number of rotatable bonds is 6. The normalized spacial score (nSPS) is 11.2. The number of hydrogen-bond donors (Lipinski definition) is 2. The van der Waals surface area contributed by atoms with Gasteiger partial charge in [-0.25, -0.2) is 9.98 Å². The van der Waals surface area contributed by atoms with Crippen LogP contribution in [0.15, 0.2) is 56.0 Å². The molecule has 3 N–H and O–H groups in total. The molecule has 152 valence electrons. The van der Waals surface area contributed by atoms with Gasteiger partial charge in [-0.05, 0) is 45.0 Å². The van der Waals surface area contributed by atoms with Gasteiger partial charge in [0.2, 0.25) is 5.96 Å². The number of hydrogen-bond acceptors (Lipinski definition) is 6. The first-order valence-electron chi connectivity index (χ1n) is 8.52. The Bertz CT molecular complexity index is 773. The van der Waals surface area contributed by atoms with Crippen LogP contribution < -0.4 is 20.5 Å². The summed E-state index contributed by atoms with van der Waals surface area (Å²) in [7, 11) is 4.65. The number of furan rings is 1. The van der Waals surface area contributed by atoms with Gasteiger partial charge in [0.05, 0.1) is 27.1 Å². The fourth-order valence-corrected chi connectivity index (χ4v) is 2.03. The molecule has 0 amide bonds. The largest absolute Gasteiger partial charge is 0.493 e. The molecule has 9 heteroatoms. The Morgan fingerprint density at radius 1 is 1.18 bits per heavy atom. The molecule has 2 rings (SSSR count). The van der Waals surface area contributed by atoms with Gasteiger partial charge in [-0.3, -0.25) is 0 Å². The summed E-state index contributed by atoms with van der Waals surface area (Å²) in [5.41, 5.74) is 5.21. The standard InChI is InChI=1S/C18H22N4O4.CH5N/c1-5-25-18(21-13-8-9-15(23-3)16(11-13)24-4)22-17(19-2)20-12-14-7-6-10-26-14;1-2/h6-11H,2,5,12H2,1,3-4H3,(H,20,21,22);2H2,1H3. The molecule has 0 spiro atoms. The van der Waals surface area contributed by atoms with Gasteiger partial charge in [-0.15, -0.1) is 0 Å². The van der Waals surface area contributed by atoms with Crippen LogP contribution in [0.2, 0.25) is 0 Å². The van der Waals surface area contributed by atoms with Crippen molar-refractivity contribution in [1.29, 1.82) is 0 Å². The van der Waals surface area contributed by atoms with Gasteiger partial charge in [0.15, 0.2) is 11.5 Å². The molecule has 0 aliphatic rings. The van der Waals surface area contributed by atoms with E-state index in [1.165, 1.54) is 7.05 Å². The Morgan fingerprint density at radius 2 is 1.93 bits per heavy atom. The van der Waals surface area contributed by atoms with E-state index in [1.807, 2.05) is 19.1 Å². The lowest BCUT2D eigenvalue weighted by molar-refractivity contribution is 0.326. The van der Waals surface area contributed by atoms with Crippen LogP contribution >= 0.6 is 0 Å². The average Bonchev–Trinajstić information content (AvgIpc) is 3.26. The Hall–Kier alpha value is -3.33. The third-order valence-corrected chi connectivity index (χ3v) is 3.22. The summed E-state index contributed by atoms with van der Waals surface area (Å²) in [5, 5.41) is 3.06. The van der Waals surface area contributed by atoms with Crippen molar-refractivity contribution in [3.05, 3.63) is 42.4 Å². The second-order valence-corrected chi connectivity index (χ2v) is 4.90. The molecule has 1 aromatic heterocycles. The lowest BCUT2D eigenvalue weighted by Gasteiger charge is -2.12. The summed E-state index contributed by atoms with van der Waals surface area (Å²) in [5.74, 6) is 2.09. The lowest BCUT2D eigenvalue weighted by Crippen LogP contribution is -2.18. The maximum Gasteiger partial charge on any atom is 0.297 e. The van der Waals surface area contributed by atoms with Crippen molar-refractivity contribution < 1.29 is 18.6 Å². The second kappa shape index (κ2) is 12.9. The number of anilines is 1. The molecular weight excluding hydrogens is 362 g/mol. The van der Waals surface area contributed by atoms with Gasteiger partial charge in [-0.2, -0.15) is 4.99 Å². The van der Waals surface area contributed by atoms with E-state index in [4.69, 9.17) is 18.6 Å². The van der Waals surface area contributed by atoms with Crippen LogP contribution in [0.5, 0.6) is 11.5 Å². The third-order valence-electron chi connectivity index (χ3n) is 3.22. The van der Waals surface area contributed by atoms with Crippen LogP contribution in [0.3, 0.4) is 0 Å². The van der Waals surface area contributed by atoms with E-state index in [2.05, 4.69) is 32.7 Å². The number of ether oxygens (including phenoxy) is 3. The van der Waals surface area contributed by atoms with Crippen molar-refractivity contribution in [2.45, 2.75) is 13.5 Å². The fourth-order valence-electron chi connectivity index (χ4n) is 2.03. The fraction of sp³-hybridized carbons (Fsp3) is 0.316. The first kappa shape index (κ1) is 22.7. The molecule has 28 heavy (non-hydrogen) atoms. The lowest BCUT2D eigenvalue weighted by atomic mass is 10.3. The quantitative estimate of drug-likeness (QED) is 0.580. The SMILES string of the molecule is C=NC(=NCc1ccco1)/N=C(\Nc1ccc(OC)c(OC)c1)OCC.CN. The molecular formula is C19H27N5O4. The topological polar surface area (TPSA) is 116 Å². The van der Waals surface area contributed by atoms with Crippen LogP contribution in [0.25, 0.3) is 0 Å². The van der Waals surface area contributed by atoms with E-state index in [-0.39, 0.29) is 12.0 Å². The van der Waals surface area contributed by atoms with E-state index >= 15 is 0 Å². The molecule has 1 aromatic carbocycles. The van der Waals surface area contributed by atoms with Crippen LogP contribution in [0.4, 0.5) is 5.69 Å². The number of aliphatic imine (C=N–C) groups is 3. The number of guanidine groups is 1. The van der Waals surface area contributed by atoms with Crippen LogP contribution in [0, 0.1) is 0 Å². The van der Waals surface area contributed by atoms with Crippen LogP contribution in [0.1, 0.15) is 12.7 Å². The third kappa shape index (κ3) is 7.12. The predicted octanol–water partition coefficient (Wildman–Crippen LogP) is 2.93. The van der Waals surface area contributed by atoms with E-state index in [1.54, 1.807) is 38.7 Å². The van der Waals surface area contributed by atoms with Gasteiger partial charge in [0.25, 0.3) is 6.02 Å². The number of methoxy groups -OCH3 is 2. The van der Waals surface area contributed by atoms with Crippen molar-refractivity contribution in [2.75, 3.05) is 33.2 Å². The Labute approximate surface area is 164 Å². The van der Waals surface area contributed by atoms with E-state index < -0.39 is 0 Å². The smallest absolute Gasteiger partial charge is 0.297 e. The van der Waals surface area contributed by atoms with Crippen LogP contribution in [-0.4, -0.2) is 46.6 Å². The van der Waals surface area contributed by atoms with Gasteiger partial charge in [0, 0.05) is 11.8 Å². The molecule has 0 aliphatic heterocycles. The highest BCUT2D eigenvalue weighted by molar-refractivity contribution is 6.00. The zero-order chi connectivity index (χ0) is 20.8. The maximum atomic E-state index is 5.52. The van der Waals surface area contributed by atoms with Crippen molar-refractivity contribution >= 4 is 24.4 Å². The minimum absolute atomic E-state index is 0.179. The van der Waals surface area contributed by atoms with Crippen molar-refractivity contribution in [3.8, 4) is 11.5 Å². The summed E-state index contributed by atoms with van der Waals surface area (Å²) in [6, 6.07) is 9.22. The summed E-state index contributed by atoms with van der Waals surface area (Å²) in [6.45, 7) is 6.07. The van der Waals surface area contributed by atoms with E-state index in [0.29, 0.717) is 36.1 Å². The molecule has 0 radical (unpaired) electrons. The molecule has 0 unspecified atom stereocenters. The number of nitrogens with two attached hydrogens (primary N) is 1. The Morgan fingerprint density at radius 3 is 2.50 bits per heavy atom. The van der Waals surface area contributed by atoms with E-state index in [9.17, 15) is 0 Å². The van der Waals surface area contributed by atoms with Gasteiger partial charge in [-0.1, -0.05) is 0 Å². The summed E-state index contributed by atoms with van der Waals surface area (Å²) in [4.78, 5) is 12.3. The van der Waals surface area contributed by atoms with Crippen molar-refractivity contribution in [3.63, 3.8) is 0 Å². The Kier molecular flexibility index (Phi) is 10.5. The van der Waals surface area contributed by atoms with E-state index in [0.717, 1.165) is 0 Å². The number of benzene rings is 1. The zero-order valence-electron chi connectivity index (χ0n) is 16.6. The predicted molar refractivity (Wildman–Crippen MR) is 112 cm³/mol.